The lowest BCUT2D eigenvalue weighted by molar-refractivity contribution is -0.0520. The molecule has 1 saturated heterocycles. The van der Waals surface area contributed by atoms with E-state index < -0.39 is 42.7 Å². The minimum atomic E-state index is -1.39. The predicted molar refractivity (Wildman–Crippen MR) is 66.4 cm³/mol. The van der Waals surface area contributed by atoms with Gasteiger partial charge in [0.05, 0.1) is 12.9 Å². The second-order valence-electron chi connectivity index (χ2n) is 4.64. The molecule has 0 saturated carbocycles. The first-order valence-electron chi connectivity index (χ1n) is 6.02. The lowest BCUT2D eigenvalue weighted by atomic mass is 10.1. The Hall–Kier alpha value is -2.21. The number of imidazole rings is 1. The molecule has 2 aromatic heterocycles. The van der Waals surface area contributed by atoms with Gasteiger partial charge >= 0.3 is 5.56 Å². The Morgan fingerprint density at radius 3 is 2.71 bits per heavy atom. The number of ether oxygens (including phenoxy) is 1. The van der Waals surface area contributed by atoms with Crippen molar-refractivity contribution in [2.24, 2.45) is 0 Å². The van der Waals surface area contributed by atoms with Gasteiger partial charge in [0.15, 0.2) is 17.4 Å². The number of hydrogen-bond acceptors (Lipinski definition) is 9. The average Bonchev–Trinajstić information content (AvgIpc) is 3.00. The Balaban J connectivity index is 2.16. The van der Waals surface area contributed by atoms with Crippen molar-refractivity contribution in [1.29, 1.82) is 0 Å². The van der Waals surface area contributed by atoms with Crippen LogP contribution in [-0.2, 0) is 4.74 Å². The molecule has 6 N–H and O–H groups in total. The molecule has 3 heterocycles. The molecule has 114 valence electrons. The molecule has 21 heavy (non-hydrogen) atoms. The van der Waals surface area contributed by atoms with Crippen molar-refractivity contribution in [3.05, 3.63) is 16.7 Å². The first kappa shape index (κ1) is 13.8. The number of hydrogen-bond donors (Lipinski definition) is 5. The summed E-state index contributed by atoms with van der Waals surface area (Å²) in [4.78, 5) is 18.8. The third-order valence-electron chi connectivity index (χ3n) is 3.40. The highest BCUT2D eigenvalue weighted by molar-refractivity contribution is 5.71. The smallest absolute Gasteiger partial charge is 0.302 e. The van der Waals surface area contributed by atoms with Crippen molar-refractivity contribution in [3.63, 3.8) is 0 Å². The molecule has 2 aromatic rings. The van der Waals surface area contributed by atoms with Gasteiger partial charge in [0.1, 0.15) is 18.3 Å². The highest BCUT2D eigenvalue weighted by atomic mass is 16.6. The number of aromatic nitrogens is 4. The maximum Gasteiger partial charge on any atom is 0.302 e. The summed E-state index contributed by atoms with van der Waals surface area (Å²) >= 11 is 0. The zero-order valence-electron chi connectivity index (χ0n) is 10.6. The third-order valence-corrected chi connectivity index (χ3v) is 3.40. The summed E-state index contributed by atoms with van der Waals surface area (Å²) in [6.07, 6.45) is -3.72. The summed E-state index contributed by atoms with van der Waals surface area (Å²) in [5.41, 5.74) is 4.33. The molecular weight excluding hydrogens is 286 g/mol. The fourth-order valence-corrected chi connectivity index (χ4v) is 2.32. The number of aliphatic hydroxyl groups excluding tert-OH is 3. The van der Waals surface area contributed by atoms with E-state index >= 15 is 0 Å². The molecule has 0 aliphatic carbocycles. The molecule has 11 heteroatoms. The molecule has 0 aromatic carbocycles. The van der Waals surface area contributed by atoms with Crippen LogP contribution < -0.4 is 11.3 Å². The molecule has 3 rings (SSSR count). The van der Waals surface area contributed by atoms with Crippen LogP contribution in [-0.4, -0.2) is 64.7 Å². The van der Waals surface area contributed by atoms with Crippen molar-refractivity contribution >= 4 is 17.1 Å². The number of anilines is 1. The molecule has 1 aliphatic rings. The van der Waals surface area contributed by atoms with Gasteiger partial charge < -0.3 is 31.0 Å². The van der Waals surface area contributed by atoms with E-state index in [0.29, 0.717) is 4.73 Å². The zero-order valence-corrected chi connectivity index (χ0v) is 10.6. The standard InChI is InChI=1S/C10H13N5O6/c11-10-13-7(19)4-8(15(10)20)14(2-12-4)9-6(18)5(17)3(1-16)21-9/h2-3,5-6,9,16-18,20H,1H2,(H2,11,13,19)/t3-,5-,6-,9-/m1/s1. The number of nitrogen functional groups attached to an aromatic ring is 1. The van der Waals surface area contributed by atoms with Crippen molar-refractivity contribution in [2.45, 2.75) is 24.5 Å². The van der Waals surface area contributed by atoms with Gasteiger partial charge in [-0.15, -0.1) is 4.73 Å². The average molecular weight is 299 g/mol. The van der Waals surface area contributed by atoms with Crippen LogP contribution in [0.1, 0.15) is 6.23 Å². The highest BCUT2D eigenvalue weighted by Gasteiger charge is 2.44. The minimum Gasteiger partial charge on any atom is -0.423 e. The molecule has 1 fully saturated rings. The molecule has 4 atom stereocenters. The van der Waals surface area contributed by atoms with Crippen molar-refractivity contribution < 1.29 is 25.3 Å². The highest BCUT2D eigenvalue weighted by Crippen LogP contribution is 2.31. The van der Waals surface area contributed by atoms with Crippen molar-refractivity contribution in [1.82, 2.24) is 19.3 Å². The first-order chi connectivity index (χ1) is 9.95. The van der Waals surface area contributed by atoms with Gasteiger partial charge in [-0.2, -0.15) is 4.98 Å². The molecule has 11 nitrogen and oxygen atoms in total. The van der Waals surface area contributed by atoms with E-state index in [1.165, 1.54) is 0 Å². The fraction of sp³-hybridized carbons (Fsp3) is 0.500. The zero-order chi connectivity index (χ0) is 15.3. The molecule has 0 unspecified atom stereocenters. The summed E-state index contributed by atoms with van der Waals surface area (Å²) < 4.78 is 6.87. The summed E-state index contributed by atoms with van der Waals surface area (Å²) in [5, 5.41) is 38.6. The van der Waals surface area contributed by atoms with E-state index in [2.05, 4.69) is 9.97 Å². The van der Waals surface area contributed by atoms with Crippen molar-refractivity contribution in [3.8, 4) is 0 Å². The van der Waals surface area contributed by atoms with Crippen molar-refractivity contribution in [2.75, 3.05) is 12.3 Å². The summed E-state index contributed by atoms with van der Waals surface area (Å²) in [6.45, 7) is -0.503. The minimum absolute atomic E-state index is 0.137. The van der Waals surface area contributed by atoms with Gasteiger partial charge in [-0.05, 0) is 0 Å². The normalized spacial score (nSPS) is 29.3. The monoisotopic (exact) mass is 299 g/mol. The van der Waals surface area contributed by atoms with Gasteiger partial charge in [-0.25, -0.2) is 4.98 Å². The summed E-state index contributed by atoms with van der Waals surface area (Å²) in [6, 6.07) is 0. The van der Waals surface area contributed by atoms with Crippen LogP contribution in [0.2, 0.25) is 0 Å². The quantitative estimate of drug-likeness (QED) is 0.363. The fourth-order valence-electron chi connectivity index (χ4n) is 2.32. The molecule has 1 aliphatic heterocycles. The maximum absolute atomic E-state index is 11.7. The number of rotatable bonds is 2. The lowest BCUT2D eigenvalue weighted by Gasteiger charge is -2.17. The Labute approximate surface area is 116 Å². The van der Waals surface area contributed by atoms with Crippen LogP contribution in [0.5, 0.6) is 0 Å². The van der Waals surface area contributed by atoms with E-state index in [1.54, 1.807) is 0 Å². The van der Waals surface area contributed by atoms with E-state index in [4.69, 9.17) is 15.6 Å². The Morgan fingerprint density at radius 1 is 1.38 bits per heavy atom. The van der Waals surface area contributed by atoms with Crippen LogP contribution in [0, 0.1) is 0 Å². The Bertz CT molecular complexity index is 741. The third kappa shape index (κ3) is 1.86. The number of fused-ring (bicyclic) bond motifs is 1. The molecule has 0 spiro atoms. The largest absolute Gasteiger partial charge is 0.423 e. The van der Waals surface area contributed by atoms with Gasteiger partial charge in [0.25, 0.3) is 0 Å². The Kier molecular flexibility index (Phi) is 3.06. The molecule has 0 amide bonds. The Morgan fingerprint density at radius 2 is 2.10 bits per heavy atom. The van der Waals surface area contributed by atoms with Crippen LogP contribution in [0.15, 0.2) is 11.1 Å². The topological polar surface area (TPSA) is 169 Å². The second kappa shape index (κ2) is 4.66. The number of nitrogens with two attached hydrogens (primary N) is 1. The number of aliphatic hydroxyl groups is 3. The van der Waals surface area contributed by atoms with E-state index in [0.717, 1.165) is 10.9 Å². The first-order valence-corrected chi connectivity index (χ1v) is 6.02. The SMILES string of the molecule is Nc1nc(=O)c2ncn([C@@H]3O[C@H](CO)[C@@H](O)[C@H]3O)c2n1O. The molecular formula is C10H13N5O6. The predicted octanol–water partition coefficient (Wildman–Crippen LogP) is -2.98. The number of nitrogens with zero attached hydrogens (tertiary/aromatic N) is 4. The van der Waals surface area contributed by atoms with Gasteiger partial charge in [-0.1, -0.05) is 0 Å². The van der Waals surface area contributed by atoms with E-state index in [-0.39, 0.29) is 11.2 Å². The van der Waals surface area contributed by atoms with Crippen LogP contribution in [0.4, 0.5) is 5.95 Å². The summed E-state index contributed by atoms with van der Waals surface area (Å²) in [5.74, 6) is -0.457. The van der Waals surface area contributed by atoms with Crippen LogP contribution in [0.25, 0.3) is 11.2 Å². The van der Waals surface area contributed by atoms with E-state index in [1.807, 2.05) is 0 Å². The molecule has 0 bridgehead atoms. The maximum atomic E-state index is 11.7. The van der Waals surface area contributed by atoms with Gasteiger partial charge in [-0.3, -0.25) is 9.36 Å². The van der Waals surface area contributed by atoms with Gasteiger partial charge in [0.2, 0.25) is 5.95 Å². The molecule has 0 radical (unpaired) electrons. The van der Waals surface area contributed by atoms with Gasteiger partial charge in [0, 0.05) is 0 Å². The van der Waals surface area contributed by atoms with Crippen LogP contribution in [0.3, 0.4) is 0 Å². The second-order valence-corrected chi connectivity index (χ2v) is 4.64. The van der Waals surface area contributed by atoms with E-state index in [9.17, 15) is 20.2 Å². The lowest BCUT2D eigenvalue weighted by Crippen LogP contribution is -2.33. The summed E-state index contributed by atoms with van der Waals surface area (Å²) in [7, 11) is 0. The van der Waals surface area contributed by atoms with Crippen LogP contribution >= 0.6 is 0 Å².